The Hall–Kier alpha value is -0.510. The predicted octanol–water partition coefficient (Wildman–Crippen LogP) is 3.03. The van der Waals surface area contributed by atoms with E-state index in [1.54, 1.807) is 13.8 Å². The highest BCUT2D eigenvalue weighted by molar-refractivity contribution is 8.13. The van der Waals surface area contributed by atoms with Crippen molar-refractivity contribution in [3.8, 4) is 0 Å². The lowest BCUT2D eigenvalue weighted by Crippen LogP contribution is -2.32. The average Bonchev–Trinajstić information content (AvgIpc) is 2.27. The molecular weight excluding hydrogens is 224 g/mol. The van der Waals surface area contributed by atoms with Gasteiger partial charge < -0.3 is 4.74 Å². The van der Waals surface area contributed by atoms with Crippen LogP contribution in [0.3, 0.4) is 0 Å². The minimum Gasteiger partial charge on any atom is -0.468 e. The third-order valence-corrected chi connectivity index (χ3v) is 3.70. The third kappa shape index (κ3) is 5.01. The maximum atomic E-state index is 11.8. The topological polar surface area (TPSA) is 43.4 Å². The summed E-state index contributed by atoms with van der Waals surface area (Å²) < 4.78 is 4.61. The first-order valence-electron chi connectivity index (χ1n) is 5.72. The Labute approximate surface area is 102 Å². The highest BCUT2D eigenvalue weighted by Gasteiger charge is 2.36. The summed E-state index contributed by atoms with van der Waals surface area (Å²) in [4.78, 5) is 23.1. The average molecular weight is 246 g/mol. The molecule has 0 saturated heterocycles. The molecule has 0 atom stereocenters. The first-order chi connectivity index (χ1) is 7.46. The Morgan fingerprint density at radius 1 is 1.19 bits per heavy atom. The standard InChI is InChI=1S/C12H22O3S/c1-5-6-7-8-9-16-11(14)12(2,3)10(13)15-4/h5-9H2,1-4H3. The van der Waals surface area contributed by atoms with Crippen LogP contribution in [-0.4, -0.2) is 23.9 Å². The number of unbranched alkanes of at least 4 members (excludes halogenated alkanes) is 3. The number of hydrogen-bond acceptors (Lipinski definition) is 4. The zero-order valence-corrected chi connectivity index (χ0v) is 11.5. The molecule has 0 aliphatic carbocycles. The van der Waals surface area contributed by atoms with Gasteiger partial charge in [-0.2, -0.15) is 0 Å². The van der Waals surface area contributed by atoms with Gasteiger partial charge in [0.1, 0.15) is 5.41 Å². The molecule has 0 aromatic carbocycles. The van der Waals surface area contributed by atoms with Crippen molar-refractivity contribution in [1.29, 1.82) is 0 Å². The van der Waals surface area contributed by atoms with Gasteiger partial charge in [0, 0.05) is 5.75 Å². The molecule has 0 amide bonds. The molecule has 94 valence electrons. The molecule has 16 heavy (non-hydrogen) atoms. The molecular formula is C12H22O3S. The van der Waals surface area contributed by atoms with Crippen molar-refractivity contribution in [1.82, 2.24) is 0 Å². The van der Waals surface area contributed by atoms with E-state index in [-0.39, 0.29) is 5.12 Å². The maximum Gasteiger partial charge on any atom is 0.319 e. The monoisotopic (exact) mass is 246 g/mol. The fourth-order valence-electron chi connectivity index (χ4n) is 1.21. The number of rotatable bonds is 7. The van der Waals surface area contributed by atoms with Crippen LogP contribution >= 0.6 is 11.8 Å². The number of hydrogen-bond donors (Lipinski definition) is 0. The number of methoxy groups -OCH3 is 1. The van der Waals surface area contributed by atoms with Crippen LogP contribution in [0.15, 0.2) is 0 Å². The van der Waals surface area contributed by atoms with Gasteiger partial charge in [0.05, 0.1) is 7.11 Å². The molecule has 0 radical (unpaired) electrons. The molecule has 0 heterocycles. The molecule has 0 bridgehead atoms. The quantitative estimate of drug-likeness (QED) is 0.393. The molecule has 0 aromatic heterocycles. The van der Waals surface area contributed by atoms with Crippen LogP contribution in [0.1, 0.15) is 46.5 Å². The van der Waals surface area contributed by atoms with Gasteiger partial charge in [-0.1, -0.05) is 37.9 Å². The normalized spacial score (nSPS) is 11.2. The van der Waals surface area contributed by atoms with Crippen molar-refractivity contribution in [3.05, 3.63) is 0 Å². The molecule has 0 saturated carbocycles. The van der Waals surface area contributed by atoms with Crippen molar-refractivity contribution < 1.29 is 14.3 Å². The van der Waals surface area contributed by atoms with Crippen LogP contribution in [-0.2, 0) is 14.3 Å². The second kappa shape index (κ2) is 7.71. The maximum absolute atomic E-state index is 11.8. The summed E-state index contributed by atoms with van der Waals surface area (Å²) in [7, 11) is 1.31. The summed E-state index contributed by atoms with van der Waals surface area (Å²) in [6.07, 6.45) is 4.57. The molecule has 0 unspecified atom stereocenters. The van der Waals surface area contributed by atoms with E-state index >= 15 is 0 Å². The van der Waals surface area contributed by atoms with Crippen LogP contribution in [0.4, 0.5) is 0 Å². The Kier molecular flexibility index (Phi) is 7.47. The fraction of sp³-hybridized carbons (Fsp3) is 0.833. The van der Waals surface area contributed by atoms with Crippen molar-refractivity contribution >= 4 is 22.8 Å². The molecule has 0 aliphatic heterocycles. The Morgan fingerprint density at radius 3 is 2.31 bits per heavy atom. The lowest BCUT2D eigenvalue weighted by atomic mass is 9.96. The van der Waals surface area contributed by atoms with Gasteiger partial charge in [0.15, 0.2) is 0 Å². The molecule has 0 aliphatic rings. The Morgan fingerprint density at radius 2 is 1.81 bits per heavy atom. The highest BCUT2D eigenvalue weighted by Crippen LogP contribution is 2.26. The van der Waals surface area contributed by atoms with E-state index in [1.807, 2.05) is 0 Å². The summed E-state index contributed by atoms with van der Waals surface area (Å²) in [6.45, 7) is 5.37. The second-order valence-corrected chi connectivity index (χ2v) is 5.38. The van der Waals surface area contributed by atoms with Gasteiger partial charge in [-0.05, 0) is 20.3 Å². The van der Waals surface area contributed by atoms with Crippen LogP contribution in [0, 0.1) is 5.41 Å². The number of ether oxygens (including phenoxy) is 1. The van der Waals surface area contributed by atoms with E-state index in [4.69, 9.17) is 0 Å². The number of carbonyl (C=O) groups is 2. The van der Waals surface area contributed by atoms with Crippen LogP contribution in [0.2, 0.25) is 0 Å². The first kappa shape index (κ1) is 15.5. The van der Waals surface area contributed by atoms with Crippen molar-refractivity contribution in [3.63, 3.8) is 0 Å². The minimum atomic E-state index is -1.02. The first-order valence-corrected chi connectivity index (χ1v) is 6.71. The SMILES string of the molecule is CCCCCCSC(=O)C(C)(C)C(=O)OC. The zero-order chi connectivity index (χ0) is 12.6. The summed E-state index contributed by atoms with van der Waals surface area (Å²) in [5.74, 6) is 0.331. The lowest BCUT2D eigenvalue weighted by molar-refractivity contribution is -0.153. The van der Waals surface area contributed by atoms with Gasteiger partial charge in [0.2, 0.25) is 5.12 Å². The third-order valence-electron chi connectivity index (χ3n) is 2.44. The van der Waals surface area contributed by atoms with Crippen molar-refractivity contribution in [2.75, 3.05) is 12.9 Å². The molecule has 0 fully saturated rings. The Bertz CT molecular complexity index is 236. The predicted molar refractivity (Wildman–Crippen MR) is 67.4 cm³/mol. The van der Waals surface area contributed by atoms with Crippen LogP contribution < -0.4 is 0 Å². The van der Waals surface area contributed by atoms with Gasteiger partial charge in [0.25, 0.3) is 0 Å². The van der Waals surface area contributed by atoms with E-state index < -0.39 is 11.4 Å². The zero-order valence-electron chi connectivity index (χ0n) is 10.7. The number of carbonyl (C=O) groups excluding carboxylic acids is 2. The van der Waals surface area contributed by atoms with E-state index in [9.17, 15) is 9.59 Å². The van der Waals surface area contributed by atoms with Gasteiger partial charge >= 0.3 is 5.97 Å². The minimum absolute atomic E-state index is 0.101. The highest BCUT2D eigenvalue weighted by atomic mass is 32.2. The largest absolute Gasteiger partial charge is 0.468 e. The van der Waals surface area contributed by atoms with Crippen molar-refractivity contribution in [2.45, 2.75) is 46.5 Å². The molecule has 0 rings (SSSR count). The number of thioether (sulfide) groups is 1. The van der Waals surface area contributed by atoms with E-state index in [0.29, 0.717) is 0 Å². The van der Waals surface area contributed by atoms with E-state index in [1.165, 1.54) is 31.7 Å². The molecule has 4 heteroatoms. The molecule has 0 aromatic rings. The van der Waals surface area contributed by atoms with Gasteiger partial charge in [-0.15, -0.1) is 0 Å². The molecule has 0 N–H and O–H groups in total. The fourth-order valence-corrected chi connectivity index (χ4v) is 2.19. The second-order valence-electron chi connectivity index (χ2n) is 4.31. The van der Waals surface area contributed by atoms with Gasteiger partial charge in [-0.3, -0.25) is 9.59 Å². The Balaban J connectivity index is 3.92. The van der Waals surface area contributed by atoms with Crippen LogP contribution in [0.5, 0.6) is 0 Å². The smallest absolute Gasteiger partial charge is 0.319 e. The van der Waals surface area contributed by atoms with Crippen LogP contribution in [0.25, 0.3) is 0 Å². The summed E-state index contributed by atoms with van der Waals surface area (Å²) in [5, 5.41) is -0.101. The van der Waals surface area contributed by atoms with Crippen molar-refractivity contribution in [2.24, 2.45) is 5.41 Å². The summed E-state index contributed by atoms with van der Waals surface area (Å²) in [5.41, 5.74) is -1.02. The molecule has 3 nitrogen and oxygen atoms in total. The molecule has 0 spiro atoms. The van der Waals surface area contributed by atoms with E-state index in [2.05, 4.69) is 11.7 Å². The summed E-state index contributed by atoms with van der Waals surface area (Å²) in [6, 6.07) is 0. The number of esters is 1. The van der Waals surface area contributed by atoms with Gasteiger partial charge in [-0.25, -0.2) is 0 Å². The summed E-state index contributed by atoms with van der Waals surface area (Å²) >= 11 is 1.24. The van der Waals surface area contributed by atoms with E-state index in [0.717, 1.165) is 18.6 Å². The lowest BCUT2D eigenvalue weighted by Gasteiger charge is -2.18.